The minimum Gasteiger partial charge on any atom is -0.374 e. The number of aromatic nitrogens is 3. The van der Waals surface area contributed by atoms with E-state index < -0.39 is 30.1 Å². The number of alkyl halides is 6. The van der Waals surface area contributed by atoms with E-state index in [4.69, 9.17) is 11.6 Å². The molecule has 208 valence electrons. The molecule has 1 saturated heterocycles. The first-order valence-electron chi connectivity index (χ1n) is 11.7. The van der Waals surface area contributed by atoms with Crippen LogP contribution in [0.25, 0.3) is 10.9 Å². The molecule has 0 bridgehead atoms. The van der Waals surface area contributed by atoms with E-state index in [9.17, 15) is 31.4 Å². The second-order valence-corrected chi connectivity index (χ2v) is 9.54. The predicted octanol–water partition coefficient (Wildman–Crippen LogP) is 5.92. The van der Waals surface area contributed by atoms with E-state index in [1.54, 1.807) is 11.9 Å². The molecule has 0 aliphatic carbocycles. The van der Waals surface area contributed by atoms with Crippen LogP contribution in [0.2, 0.25) is 5.02 Å². The van der Waals surface area contributed by atoms with E-state index in [0.717, 1.165) is 19.5 Å². The van der Waals surface area contributed by atoms with E-state index in [1.165, 1.54) is 35.3 Å². The summed E-state index contributed by atoms with van der Waals surface area (Å²) >= 11 is 6.56. The molecule has 1 atom stereocenters. The van der Waals surface area contributed by atoms with Crippen LogP contribution in [0.5, 0.6) is 0 Å². The molecule has 39 heavy (non-hydrogen) atoms. The van der Waals surface area contributed by atoms with Crippen molar-refractivity contribution in [2.24, 2.45) is 12.0 Å². The van der Waals surface area contributed by atoms with Crippen molar-refractivity contribution in [3.05, 3.63) is 76.9 Å². The standard InChI is InChI=1S/C26H24ClF6N5O/c1-15(5-8-20(34-2)26(31,32)33)25(39,21-13-35-14-37(21)3)16-6-7-19-17(11-16)22(27)18(12-24(28,29)30)23(36-19)38-9-4-10-38/h5-8,11,13-14,39H,1,4,9-10,12H2,2-3H3/b8-5-,34-20+. The number of rotatable bonds is 7. The Labute approximate surface area is 224 Å². The molecule has 1 aliphatic rings. The van der Waals surface area contributed by atoms with Crippen LogP contribution in [0.1, 0.15) is 23.2 Å². The number of benzene rings is 1. The third-order valence-corrected chi connectivity index (χ3v) is 7.00. The number of allylic oxidation sites excluding steroid dienone is 1. The van der Waals surface area contributed by atoms with E-state index >= 15 is 0 Å². The fourth-order valence-electron chi connectivity index (χ4n) is 4.42. The molecule has 3 aromatic rings. The molecule has 13 heteroatoms. The van der Waals surface area contributed by atoms with Crippen molar-refractivity contribution < 1.29 is 31.4 Å². The summed E-state index contributed by atoms with van der Waals surface area (Å²) in [5.74, 6) is 0.150. The smallest absolute Gasteiger partial charge is 0.374 e. The van der Waals surface area contributed by atoms with Crippen LogP contribution >= 0.6 is 11.6 Å². The van der Waals surface area contributed by atoms with Crippen LogP contribution in [0.3, 0.4) is 0 Å². The lowest BCUT2D eigenvalue weighted by Crippen LogP contribution is -2.38. The number of hydrogen-bond acceptors (Lipinski definition) is 5. The fourth-order valence-corrected chi connectivity index (χ4v) is 4.73. The Morgan fingerprint density at radius 3 is 2.38 bits per heavy atom. The first-order chi connectivity index (χ1) is 18.2. The van der Waals surface area contributed by atoms with Gasteiger partial charge in [0, 0.05) is 38.1 Å². The number of aliphatic imine (C=N–C) groups is 1. The lowest BCUT2D eigenvalue weighted by molar-refractivity contribution is -0.127. The lowest BCUT2D eigenvalue weighted by Gasteiger charge is -2.34. The van der Waals surface area contributed by atoms with Gasteiger partial charge in [0.15, 0.2) is 5.60 Å². The van der Waals surface area contributed by atoms with Crippen molar-refractivity contribution in [3.63, 3.8) is 0 Å². The summed E-state index contributed by atoms with van der Waals surface area (Å²) in [6, 6.07) is 4.33. The molecule has 3 heterocycles. The number of halogens is 7. The Hall–Kier alpha value is -3.38. The molecule has 1 N–H and O–H groups in total. The molecule has 6 nitrogen and oxygen atoms in total. The van der Waals surface area contributed by atoms with Gasteiger partial charge in [-0.1, -0.05) is 30.3 Å². The predicted molar refractivity (Wildman–Crippen MR) is 137 cm³/mol. The highest BCUT2D eigenvalue weighted by Gasteiger charge is 2.39. The minimum absolute atomic E-state index is 0.0913. The van der Waals surface area contributed by atoms with Gasteiger partial charge in [-0.15, -0.1) is 0 Å². The Bertz CT molecular complexity index is 1470. The van der Waals surface area contributed by atoms with Gasteiger partial charge in [-0.3, -0.25) is 4.99 Å². The average Bonchev–Trinajstić information content (AvgIpc) is 3.24. The monoisotopic (exact) mass is 571 g/mol. The van der Waals surface area contributed by atoms with Crippen LogP contribution in [0.15, 0.2) is 60.0 Å². The van der Waals surface area contributed by atoms with Gasteiger partial charge in [0.1, 0.15) is 11.5 Å². The highest BCUT2D eigenvalue weighted by Crippen LogP contribution is 2.42. The van der Waals surface area contributed by atoms with Crippen LogP contribution in [0, 0.1) is 0 Å². The maximum absolute atomic E-state index is 13.5. The number of fused-ring (bicyclic) bond motifs is 1. The summed E-state index contributed by atoms with van der Waals surface area (Å²) in [6.07, 6.45) is -5.43. The number of nitrogens with zero attached hydrogens (tertiary/aromatic N) is 5. The van der Waals surface area contributed by atoms with Crippen LogP contribution in [-0.4, -0.2) is 57.8 Å². The molecule has 0 radical (unpaired) electrons. The van der Waals surface area contributed by atoms with Crippen molar-refractivity contribution in [1.29, 1.82) is 0 Å². The third-order valence-electron chi connectivity index (χ3n) is 6.57. The molecule has 1 fully saturated rings. The molecule has 0 saturated carbocycles. The molecule has 1 aliphatic heterocycles. The molecule has 1 aromatic carbocycles. The highest BCUT2D eigenvalue weighted by atomic mass is 35.5. The average molecular weight is 572 g/mol. The van der Waals surface area contributed by atoms with Gasteiger partial charge in [-0.2, -0.15) is 26.3 Å². The van der Waals surface area contributed by atoms with Crippen molar-refractivity contribution in [1.82, 2.24) is 14.5 Å². The van der Waals surface area contributed by atoms with Crippen LogP contribution in [0.4, 0.5) is 32.2 Å². The normalized spacial score (nSPS) is 16.6. The second-order valence-electron chi connectivity index (χ2n) is 9.16. The molecule has 0 amide bonds. The van der Waals surface area contributed by atoms with Crippen molar-refractivity contribution in [3.8, 4) is 0 Å². The first-order valence-corrected chi connectivity index (χ1v) is 12.1. The minimum atomic E-state index is -4.73. The van der Waals surface area contributed by atoms with Crippen molar-refractivity contribution >= 4 is 34.0 Å². The summed E-state index contributed by atoms with van der Waals surface area (Å²) < 4.78 is 81.6. The van der Waals surface area contributed by atoms with Crippen molar-refractivity contribution in [2.75, 3.05) is 25.0 Å². The topological polar surface area (TPSA) is 66.5 Å². The zero-order valence-electron chi connectivity index (χ0n) is 20.9. The van der Waals surface area contributed by atoms with E-state index in [1.807, 2.05) is 0 Å². The summed E-state index contributed by atoms with van der Waals surface area (Å²) in [5, 5.41) is 12.0. The second kappa shape index (κ2) is 10.3. The zero-order valence-corrected chi connectivity index (χ0v) is 21.7. The van der Waals surface area contributed by atoms with E-state index in [0.29, 0.717) is 24.7 Å². The Morgan fingerprint density at radius 1 is 1.18 bits per heavy atom. The first kappa shape index (κ1) is 28.6. The van der Waals surface area contributed by atoms with Crippen LogP contribution < -0.4 is 4.90 Å². The fraction of sp³-hybridized carbons (Fsp3) is 0.346. The number of pyridine rings is 1. The molecule has 0 spiro atoms. The Balaban J connectivity index is 1.90. The number of hydrogen-bond donors (Lipinski definition) is 1. The van der Waals surface area contributed by atoms with Crippen LogP contribution in [-0.2, 0) is 19.1 Å². The molecule has 4 rings (SSSR count). The maximum atomic E-state index is 13.5. The highest BCUT2D eigenvalue weighted by molar-refractivity contribution is 6.36. The molecule has 1 unspecified atom stereocenters. The SMILES string of the molecule is C=C(/C=C\C(=N/C)C(F)(F)F)C(O)(c1ccc2nc(N3CCC3)c(CC(F)(F)F)c(Cl)c2c1)c1cncn1C. The number of anilines is 1. The number of imidazole rings is 1. The Kier molecular flexibility index (Phi) is 7.56. The van der Waals surface area contributed by atoms with E-state index in [2.05, 4.69) is 21.5 Å². The molecular formula is C26H24ClF6N5O. The molecule has 2 aromatic heterocycles. The summed E-state index contributed by atoms with van der Waals surface area (Å²) in [6.45, 7) is 4.90. The lowest BCUT2D eigenvalue weighted by atomic mass is 9.83. The van der Waals surface area contributed by atoms with Crippen molar-refractivity contribution in [2.45, 2.75) is 30.8 Å². The van der Waals surface area contributed by atoms with Gasteiger partial charge in [0.2, 0.25) is 0 Å². The van der Waals surface area contributed by atoms with Gasteiger partial charge < -0.3 is 14.6 Å². The van der Waals surface area contributed by atoms with Gasteiger partial charge in [-0.05, 0) is 35.8 Å². The largest absolute Gasteiger partial charge is 0.432 e. The summed E-state index contributed by atoms with van der Waals surface area (Å²) in [5.41, 5.74) is -3.16. The maximum Gasteiger partial charge on any atom is 0.432 e. The van der Waals surface area contributed by atoms with Gasteiger partial charge in [-0.25, -0.2) is 9.97 Å². The third kappa shape index (κ3) is 5.53. The van der Waals surface area contributed by atoms with E-state index in [-0.39, 0.29) is 38.6 Å². The Morgan fingerprint density at radius 2 is 1.87 bits per heavy atom. The quantitative estimate of drug-likeness (QED) is 0.217. The number of aryl methyl sites for hydroxylation is 1. The zero-order chi connectivity index (χ0) is 28.8. The van der Waals surface area contributed by atoms with Gasteiger partial charge in [0.05, 0.1) is 35.2 Å². The number of aliphatic hydroxyl groups is 1. The molecular weight excluding hydrogens is 548 g/mol. The summed E-state index contributed by atoms with van der Waals surface area (Å²) in [7, 11) is 2.55. The van der Waals surface area contributed by atoms with Gasteiger partial charge in [0.25, 0.3) is 0 Å². The summed E-state index contributed by atoms with van der Waals surface area (Å²) in [4.78, 5) is 13.4. The van der Waals surface area contributed by atoms with Gasteiger partial charge >= 0.3 is 12.4 Å².